The van der Waals surface area contributed by atoms with Gasteiger partial charge in [-0.15, -0.1) is 0 Å². The molecule has 0 radical (unpaired) electrons. The first-order valence-corrected chi connectivity index (χ1v) is 8.89. The number of fused-ring (bicyclic) bond motifs is 1. The zero-order valence-corrected chi connectivity index (χ0v) is 14.7. The summed E-state index contributed by atoms with van der Waals surface area (Å²) in [5, 5.41) is 4.38. The molecule has 1 aliphatic carbocycles. The predicted octanol–water partition coefficient (Wildman–Crippen LogP) is 3.14. The topological polar surface area (TPSA) is 56.6 Å². The summed E-state index contributed by atoms with van der Waals surface area (Å²) in [6.07, 6.45) is 4.85. The SMILES string of the molecule is CCCn1ncc(C(=O)N(Cc2ccc3c(c2)OCO3)C2CC2)c1C. The van der Waals surface area contributed by atoms with Gasteiger partial charge < -0.3 is 14.4 Å². The second-order valence-corrected chi connectivity index (χ2v) is 6.72. The van der Waals surface area contributed by atoms with Gasteiger partial charge in [-0.05, 0) is 43.9 Å². The summed E-state index contributed by atoms with van der Waals surface area (Å²) in [4.78, 5) is 15.1. The van der Waals surface area contributed by atoms with Gasteiger partial charge in [0.2, 0.25) is 6.79 Å². The van der Waals surface area contributed by atoms with Crippen LogP contribution in [-0.4, -0.2) is 33.4 Å². The van der Waals surface area contributed by atoms with Crippen molar-refractivity contribution in [2.75, 3.05) is 6.79 Å². The third-order valence-electron chi connectivity index (χ3n) is 4.81. The molecule has 1 amide bonds. The van der Waals surface area contributed by atoms with Crippen LogP contribution in [0.4, 0.5) is 0 Å². The fraction of sp³-hybridized carbons (Fsp3) is 0.474. The summed E-state index contributed by atoms with van der Waals surface area (Å²) in [6.45, 7) is 5.77. The second kappa shape index (κ2) is 6.43. The Morgan fingerprint density at radius 2 is 2.12 bits per heavy atom. The number of aryl methyl sites for hydroxylation is 1. The van der Waals surface area contributed by atoms with Crippen molar-refractivity contribution in [1.82, 2.24) is 14.7 Å². The lowest BCUT2D eigenvalue weighted by atomic mass is 10.1. The summed E-state index contributed by atoms with van der Waals surface area (Å²) in [5.41, 5.74) is 2.72. The molecule has 1 aromatic heterocycles. The number of hydrogen-bond donors (Lipinski definition) is 0. The highest BCUT2D eigenvalue weighted by molar-refractivity contribution is 5.95. The van der Waals surface area contributed by atoms with Crippen molar-refractivity contribution in [1.29, 1.82) is 0 Å². The van der Waals surface area contributed by atoms with Crippen LogP contribution in [0.15, 0.2) is 24.4 Å². The van der Waals surface area contributed by atoms with Crippen LogP contribution in [0.2, 0.25) is 0 Å². The van der Waals surface area contributed by atoms with Crippen molar-refractivity contribution < 1.29 is 14.3 Å². The van der Waals surface area contributed by atoms with E-state index in [2.05, 4.69) is 12.0 Å². The molecule has 2 aliphatic rings. The fourth-order valence-corrected chi connectivity index (χ4v) is 3.24. The van der Waals surface area contributed by atoms with Crippen molar-refractivity contribution >= 4 is 5.91 Å². The molecule has 6 heteroatoms. The Bertz CT molecular complexity index is 795. The summed E-state index contributed by atoms with van der Waals surface area (Å²) < 4.78 is 12.7. The number of nitrogens with zero attached hydrogens (tertiary/aromatic N) is 3. The zero-order chi connectivity index (χ0) is 17.4. The molecule has 0 N–H and O–H groups in total. The first kappa shape index (κ1) is 16.0. The van der Waals surface area contributed by atoms with Crippen LogP contribution >= 0.6 is 0 Å². The number of amides is 1. The van der Waals surface area contributed by atoms with E-state index in [1.807, 2.05) is 34.7 Å². The predicted molar refractivity (Wildman–Crippen MR) is 92.7 cm³/mol. The molecule has 1 fully saturated rings. The number of carbonyl (C=O) groups is 1. The number of aromatic nitrogens is 2. The third kappa shape index (κ3) is 3.08. The summed E-state index contributed by atoms with van der Waals surface area (Å²) >= 11 is 0. The maximum absolute atomic E-state index is 13.1. The van der Waals surface area contributed by atoms with Gasteiger partial charge in [-0.2, -0.15) is 5.10 Å². The monoisotopic (exact) mass is 341 g/mol. The summed E-state index contributed by atoms with van der Waals surface area (Å²) in [6, 6.07) is 6.21. The molecule has 4 rings (SSSR count). The molecule has 1 aromatic carbocycles. The highest BCUT2D eigenvalue weighted by Gasteiger charge is 2.34. The maximum Gasteiger partial charge on any atom is 0.257 e. The van der Waals surface area contributed by atoms with Gasteiger partial charge in [0.05, 0.1) is 11.8 Å². The van der Waals surface area contributed by atoms with E-state index in [0.29, 0.717) is 18.2 Å². The Labute approximate surface area is 147 Å². The van der Waals surface area contributed by atoms with Gasteiger partial charge in [0.25, 0.3) is 5.91 Å². The van der Waals surface area contributed by atoms with Crippen molar-refractivity contribution in [3.63, 3.8) is 0 Å². The minimum absolute atomic E-state index is 0.0695. The van der Waals surface area contributed by atoms with Gasteiger partial charge in [-0.1, -0.05) is 13.0 Å². The molecule has 0 spiro atoms. The number of benzene rings is 1. The van der Waals surface area contributed by atoms with E-state index < -0.39 is 0 Å². The molecule has 0 atom stereocenters. The number of carbonyl (C=O) groups excluding carboxylic acids is 1. The smallest absolute Gasteiger partial charge is 0.257 e. The van der Waals surface area contributed by atoms with Gasteiger partial charge >= 0.3 is 0 Å². The van der Waals surface area contributed by atoms with Gasteiger partial charge in [-0.25, -0.2) is 0 Å². The third-order valence-corrected chi connectivity index (χ3v) is 4.81. The van der Waals surface area contributed by atoms with E-state index in [0.717, 1.165) is 48.6 Å². The lowest BCUT2D eigenvalue weighted by Gasteiger charge is -2.22. The zero-order valence-electron chi connectivity index (χ0n) is 14.7. The van der Waals surface area contributed by atoms with E-state index in [1.165, 1.54) is 0 Å². The first-order chi connectivity index (χ1) is 12.2. The van der Waals surface area contributed by atoms with E-state index in [4.69, 9.17) is 9.47 Å². The largest absolute Gasteiger partial charge is 0.454 e. The molecule has 0 unspecified atom stereocenters. The van der Waals surface area contributed by atoms with Gasteiger partial charge in [0, 0.05) is 24.8 Å². The van der Waals surface area contributed by atoms with E-state index in [-0.39, 0.29) is 12.7 Å². The lowest BCUT2D eigenvalue weighted by Crippen LogP contribution is -2.33. The molecule has 25 heavy (non-hydrogen) atoms. The molecule has 1 aliphatic heterocycles. The molecule has 0 bridgehead atoms. The highest BCUT2D eigenvalue weighted by atomic mass is 16.7. The van der Waals surface area contributed by atoms with E-state index in [1.54, 1.807) is 6.20 Å². The standard InChI is InChI=1S/C19H23N3O3/c1-3-8-22-13(2)16(10-20-22)19(23)21(15-5-6-15)11-14-4-7-17-18(9-14)25-12-24-17/h4,7,9-10,15H,3,5-6,8,11-12H2,1-2H3. The number of rotatable bonds is 6. The van der Waals surface area contributed by atoms with Crippen molar-refractivity contribution in [2.45, 2.75) is 52.2 Å². The fourth-order valence-electron chi connectivity index (χ4n) is 3.24. The van der Waals surface area contributed by atoms with Crippen LogP contribution in [0.25, 0.3) is 0 Å². The van der Waals surface area contributed by atoms with Crippen LogP contribution in [0.5, 0.6) is 11.5 Å². The van der Waals surface area contributed by atoms with E-state index >= 15 is 0 Å². The van der Waals surface area contributed by atoms with Crippen LogP contribution in [-0.2, 0) is 13.1 Å². The quantitative estimate of drug-likeness (QED) is 0.810. The minimum Gasteiger partial charge on any atom is -0.454 e. The number of hydrogen-bond acceptors (Lipinski definition) is 4. The van der Waals surface area contributed by atoms with Crippen LogP contribution < -0.4 is 9.47 Å². The molecular weight excluding hydrogens is 318 g/mol. The maximum atomic E-state index is 13.1. The molecule has 1 saturated carbocycles. The van der Waals surface area contributed by atoms with Gasteiger partial charge in [-0.3, -0.25) is 9.48 Å². The van der Waals surface area contributed by atoms with Crippen molar-refractivity contribution in [3.8, 4) is 11.5 Å². The molecule has 132 valence electrons. The van der Waals surface area contributed by atoms with Crippen LogP contribution in [0.1, 0.15) is 47.8 Å². The lowest BCUT2D eigenvalue weighted by molar-refractivity contribution is 0.0729. The normalized spacial score (nSPS) is 15.4. The number of ether oxygens (including phenoxy) is 2. The molecule has 0 saturated heterocycles. The van der Waals surface area contributed by atoms with Gasteiger partial charge in [0.1, 0.15) is 0 Å². The molecule has 6 nitrogen and oxygen atoms in total. The Balaban J connectivity index is 1.56. The van der Waals surface area contributed by atoms with Gasteiger partial charge in [0.15, 0.2) is 11.5 Å². The molecule has 2 heterocycles. The molecular formula is C19H23N3O3. The van der Waals surface area contributed by atoms with Crippen molar-refractivity contribution in [3.05, 3.63) is 41.2 Å². The first-order valence-electron chi connectivity index (χ1n) is 8.89. The Morgan fingerprint density at radius 1 is 1.32 bits per heavy atom. The summed E-state index contributed by atoms with van der Waals surface area (Å²) in [5.74, 6) is 1.59. The van der Waals surface area contributed by atoms with Crippen LogP contribution in [0.3, 0.4) is 0 Å². The van der Waals surface area contributed by atoms with Crippen molar-refractivity contribution in [2.24, 2.45) is 0 Å². The Morgan fingerprint density at radius 3 is 2.88 bits per heavy atom. The Kier molecular flexibility index (Phi) is 4.11. The average molecular weight is 341 g/mol. The average Bonchev–Trinajstić information content (AvgIpc) is 3.24. The van der Waals surface area contributed by atoms with E-state index in [9.17, 15) is 4.79 Å². The van der Waals surface area contributed by atoms with Crippen LogP contribution in [0, 0.1) is 6.92 Å². The summed E-state index contributed by atoms with van der Waals surface area (Å²) in [7, 11) is 0. The highest BCUT2D eigenvalue weighted by Crippen LogP contribution is 2.35. The molecule has 2 aromatic rings. The minimum atomic E-state index is 0.0695. The Hall–Kier alpha value is -2.50. The second-order valence-electron chi connectivity index (χ2n) is 6.72.